The smallest absolute Gasteiger partial charge is 0.224 e. The van der Waals surface area contributed by atoms with Crippen LogP contribution in [0.15, 0.2) is 18.2 Å². The lowest BCUT2D eigenvalue weighted by molar-refractivity contribution is -0.120. The van der Waals surface area contributed by atoms with Crippen molar-refractivity contribution in [3.8, 4) is 0 Å². The van der Waals surface area contributed by atoms with Crippen molar-refractivity contribution in [2.75, 3.05) is 19.6 Å². The Hall–Kier alpha value is -1.81. The van der Waals surface area contributed by atoms with Crippen molar-refractivity contribution in [1.29, 1.82) is 0 Å². The number of likely N-dealkylation sites (tertiary alicyclic amines) is 1. The highest BCUT2D eigenvalue weighted by Crippen LogP contribution is 2.23. The molecular weight excluding hydrogens is 286 g/mol. The fourth-order valence-electron chi connectivity index (χ4n) is 3.52. The third kappa shape index (κ3) is 3.58. The maximum absolute atomic E-state index is 12.4. The van der Waals surface area contributed by atoms with Crippen molar-refractivity contribution in [1.82, 2.24) is 15.2 Å². The van der Waals surface area contributed by atoms with Gasteiger partial charge in [0.25, 0.3) is 0 Å². The molecule has 3 rings (SSSR count). The lowest BCUT2D eigenvalue weighted by atomic mass is 10.1. The minimum Gasteiger partial charge on any atom is -0.358 e. The largest absolute Gasteiger partial charge is 0.358 e. The van der Waals surface area contributed by atoms with Gasteiger partial charge in [0.05, 0.1) is 6.42 Å². The molecule has 1 amide bonds. The van der Waals surface area contributed by atoms with E-state index < -0.39 is 0 Å². The minimum absolute atomic E-state index is 0.113. The Morgan fingerprint density at radius 1 is 1.30 bits per heavy atom. The van der Waals surface area contributed by atoms with Crippen LogP contribution in [0.1, 0.15) is 36.6 Å². The summed E-state index contributed by atoms with van der Waals surface area (Å²) in [6.45, 7) is 9.40. The van der Waals surface area contributed by atoms with Gasteiger partial charge in [0.1, 0.15) is 0 Å². The molecule has 0 aliphatic carbocycles. The van der Waals surface area contributed by atoms with Gasteiger partial charge in [-0.15, -0.1) is 0 Å². The Bertz CT molecular complexity index is 698. The van der Waals surface area contributed by atoms with Gasteiger partial charge in [-0.25, -0.2) is 0 Å². The third-order valence-corrected chi connectivity index (χ3v) is 4.97. The van der Waals surface area contributed by atoms with Crippen LogP contribution in [0.2, 0.25) is 0 Å². The van der Waals surface area contributed by atoms with E-state index in [1.165, 1.54) is 23.8 Å². The Morgan fingerprint density at radius 2 is 2.04 bits per heavy atom. The Balaban J connectivity index is 1.63. The third-order valence-electron chi connectivity index (χ3n) is 4.97. The fourth-order valence-corrected chi connectivity index (χ4v) is 3.52. The number of carbonyl (C=O) groups excluding carboxylic acids is 1. The van der Waals surface area contributed by atoms with Gasteiger partial charge in [0.2, 0.25) is 5.91 Å². The van der Waals surface area contributed by atoms with Crippen LogP contribution >= 0.6 is 0 Å². The van der Waals surface area contributed by atoms with Gasteiger partial charge < -0.3 is 10.3 Å². The predicted octanol–water partition coefficient (Wildman–Crippen LogP) is 2.93. The van der Waals surface area contributed by atoms with E-state index >= 15 is 0 Å². The number of rotatable bonds is 5. The molecule has 1 fully saturated rings. The number of H-pyrrole nitrogens is 1. The lowest BCUT2D eigenvalue weighted by Gasteiger charge is -2.23. The minimum atomic E-state index is 0.113. The summed E-state index contributed by atoms with van der Waals surface area (Å²) in [7, 11) is 0. The van der Waals surface area contributed by atoms with Gasteiger partial charge in [-0.3, -0.25) is 9.69 Å². The molecule has 0 unspecified atom stereocenters. The van der Waals surface area contributed by atoms with E-state index in [0.29, 0.717) is 12.5 Å². The molecule has 1 atom stereocenters. The van der Waals surface area contributed by atoms with Crippen LogP contribution in [0.25, 0.3) is 10.9 Å². The zero-order valence-corrected chi connectivity index (χ0v) is 14.4. The highest BCUT2D eigenvalue weighted by molar-refractivity contribution is 5.90. The predicted molar refractivity (Wildman–Crippen MR) is 94.8 cm³/mol. The fraction of sp³-hybridized carbons (Fsp3) is 0.526. The molecule has 2 heterocycles. The number of benzene rings is 1. The molecule has 0 spiro atoms. The Kier molecular flexibility index (Phi) is 4.71. The first-order valence-electron chi connectivity index (χ1n) is 8.63. The lowest BCUT2D eigenvalue weighted by Crippen LogP contribution is -2.41. The van der Waals surface area contributed by atoms with Crippen LogP contribution in [-0.4, -0.2) is 41.5 Å². The number of carbonyl (C=O) groups is 1. The van der Waals surface area contributed by atoms with Gasteiger partial charge in [-0.05, 0) is 64.4 Å². The number of aromatic nitrogens is 1. The van der Waals surface area contributed by atoms with E-state index in [9.17, 15) is 4.79 Å². The summed E-state index contributed by atoms with van der Waals surface area (Å²) < 4.78 is 0. The molecule has 0 saturated carbocycles. The van der Waals surface area contributed by atoms with Gasteiger partial charge in [0.15, 0.2) is 0 Å². The molecule has 2 N–H and O–H groups in total. The highest BCUT2D eigenvalue weighted by Gasteiger charge is 2.19. The molecule has 1 aliphatic rings. The number of nitrogens with zero attached hydrogens (tertiary/aromatic N) is 1. The first-order valence-corrected chi connectivity index (χ1v) is 8.63. The van der Waals surface area contributed by atoms with Crippen molar-refractivity contribution in [3.63, 3.8) is 0 Å². The number of nitrogens with one attached hydrogen (secondary N) is 2. The molecule has 4 nitrogen and oxygen atoms in total. The first kappa shape index (κ1) is 16.1. The summed E-state index contributed by atoms with van der Waals surface area (Å²) >= 11 is 0. The van der Waals surface area contributed by atoms with Crippen LogP contribution < -0.4 is 5.32 Å². The zero-order chi connectivity index (χ0) is 16.4. The van der Waals surface area contributed by atoms with Crippen molar-refractivity contribution >= 4 is 16.8 Å². The number of amides is 1. The number of fused-ring (bicyclic) bond motifs is 1. The normalized spacial score (nSPS) is 16.8. The number of aromatic amines is 1. The van der Waals surface area contributed by atoms with E-state index in [-0.39, 0.29) is 5.91 Å². The van der Waals surface area contributed by atoms with Crippen LogP contribution in [-0.2, 0) is 11.2 Å². The zero-order valence-electron chi connectivity index (χ0n) is 14.4. The van der Waals surface area contributed by atoms with Gasteiger partial charge in [-0.1, -0.05) is 11.6 Å². The average molecular weight is 313 g/mol. The molecule has 0 bridgehead atoms. The van der Waals surface area contributed by atoms with Crippen LogP contribution in [0.3, 0.4) is 0 Å². The van der Waals surface area contributed by atoms with E-state index in [4.69, 9.17) is 0 Å². The molecule has 0 radical (unpaired) electrons. The van der Waals surface area contributed by atoms with E-state index in [1.807, 2.05) is 6.92 Å². The number of aryl methyl sites for hydroxylation is 2. The molecule has 1 aliphatic heterocycles. The van der Waals surface area contributed by atoms with Crippen molar-refractivity contribution in [2.45, 2.75) is 46.1 Å². The summed E-state index contributed by atoms with van der Waals surface area (Å²) in [4.78, 5) is 18.2. The van der Waals surface area contributed by atoms with E-state index in [1.54, 1.807) is 0 Å². The van der Waals surface area contributed by atoms with Gasteiger partial charge in [-0.2, -0.15) is 0 Å². The number of hydrogen-bond donors (Lipinski definition) is 2. The molecule has 2 aromatic rings. The van der Waals surface area contributed by atoms with Crippen LogP contribution in [0.5, 0.6) is 0 Å². The molecule has 1 aromatic heterocycles. The maximum Gasteiger partial charge on any atom is 0.224 e. The molecule has 23 heavy (non-hydrogen) atoms. The summed E-state index contributed by atoms with van der Waals surface area (Å²) in [6.07, 6.45) is 3.01. The molecule has 4 heteroatoms. The van der Waals surface area contributed by atoms with Gasteiger partial charge >= 0.3 is 0 Å². The second-order valence-corrected chi connectivity index (χ2v) is 6.85. The van der Waals surface area contributed by atoms with Crippen molar-refractivity contribution < 1.29 is 4.79 Å². The summed E-state index contributed by atoms with van der Waals surface area (Å²) in [5.41, 5.74) is 4.55. The SMILES string of the molecule is Cc1ccc2[nH]c(C)c(CC(=O)NC[C@H](C)N3CCCC3)c2c1. The van der Waals surface area contributed by atoms with Crippen LogP contribution in [0, 0.1) is 13.8 Å². The van der Waals surface area contributed by atoms with Crippen molar-refractivity contribution in [2.24, 2.45) is 0 Å². The molecule has 1 aromatic carbocycles. The number of hydrogen-bond acceptors (Lipinski definition) is 2. The summed E-state index contributed by atoms with van der Waals surface area (Å²) in [5, 5.41) is 4.28. The van der Waals surface area contributed by atoms with Crippen LogP contribution in [0.4, 0.5) is 0 Å². The monoisotopic (exact) mass is 313 g/mol. The second-order valence-electron chi connectivity index (χ2n) is 6.85. The quantitative estimate of drug-likeness (QED) is 0.891. The molecular formula is C19H27N3O. The van der Waals surface area contributed by atoms with Crippen molar-refractivity contribution in [3.05, 3.63) is 35.0 Å². The molecule has 124 valence electrons. The standard InChI is InChI=1S/C19H27N3O/c1-13-6-7-18-17(10-13)16(15(3)21-18)11-19(23)20-12-14(2)22-8-4-5-9-22/h6-7,10,14,21H,4-5,8-9,11-12H2,1-3H3,(H,20,23)/t14-/m0/s1. The van der Waals surface area contributed by atoms with Gasteiger partial charge in [0, 0.05) is 29.2 Å². The highest BCUT2D eigenvalue weighted by atomic mass is 16.1. The maximum atomic E-state index is 12.4. The summed E-state index contributed by atoms with van der Waals surface area (Å²) in [6, 6.07) is 6.77. The Morgan fingerprint density at radius 3 is 2.78 bits per heavy atom. The topological polar surface area (TPSA) is 48.1 Å². The average Bonchev–Trinajstić information content (AvgIpc) is 3.15. The molecule has 1 saturated heterocycles. The van der Waals surface area contributed by atoms with E-state index in [2.05, 4.69) is 47.2 Å². The van der Waals surface area contributed by atoms with E-state index in [0.717, 1.165) is 36.4 Å². The summed E-state index contributed by atoms with van der Waals surface area (Å²) in [5.74, 6) is 0.113. The Labute approximate surface area is 138 Å². The first-order chi connectivity index (χ1) is 11.0. The second kappa shape index (κ2) is 6.75.